The number of carbonyl (C=O) groups is 2. The van der Waals surface area contributed by atoms with Gasteiger partial charge >= 0.3 is 6.03 Å². The van der Waals surface area contributed by atoms with Gasteiger partial charge in [0.25, 0.3) is 0 Å². The number of carbonyl (C=O) groups excluding carboxylic acids is 2. The molecule has 0 saturated carbocycles. The highest BCUT2D eigenvalue weighted by Gasteiger charge is 2.34. The number of benzene rings is 2. The lowest BCUT2D eigenvalue weighted by Gasteiger charge is -2.41. The van der Waals surface area contributed by atoms with E-state index < -0.39 is 6.04 Å². The first kappa shape index (κ1) is 34.8. The minimum absolute atomic E-state index is 0.0441. The SMILES string of the molecule is CCc1ccc(C[C@@H](N=C(NC#N)N2CCC(N3CCc4ccccc4NC3=O)CC2)C(=O)N2CCC(N3CCCCC3)CC2)cc1CC. The van der Waals surface area contributed by atoms with E-state index >= 15 is 0 Å². The lowest BCUT2D eigenvalue weighted by Crippen LogP contribution is -2.53. The molecule has 0 bridgehead atoms. The van der Waals surface area contributed by atoms with Crippen LogP contribution in [0.25, 0.3) is 0 Å². The summed E-state index contributed by atoms with van der Waals surface area (Å²) < 4.78 is 0. The molecule has 4 aliphatic heterocycles. The summed E-state index contributed by atoms with van der Waals surface area (Å²) in [5, 5.41) is 15.8. The largest absolute Gasteiger partial charge is 0.342 e. The first-order chi connectivity index (χ1) is 24.0. The lowest BCUT2D eigenvalue weighted by molar-refractivity contribution is -0.134. The second-order valence-corrected chi connectivity index (χ2v) is 14.1. The number of aryl methyl sites for hydroxylation is 2. The van der Waals surface area contributed by atoms with Gasteiger partial charge < -0.3 is 24.9 Å². The molecule has 10 nitrogen and oxygen atoms in total. The van der Waals surface area contributed by atoms with Crippen LogP contribution in [0.1, 0.15) is 81.0 Å². The number of urea groups is 1. The summed E-state index contributed by atoms with van der Waals surface area (Å²) in [6.45, 7) is 10.2. The van der Waals surface area contributed by atoms with Crippen molar-refractivity contribution in [2.75, 3.05) is 51.1 Å². The number of nitrogens with one attached hydrogen (secondary N) is 2. The van der Waals surface area contributed by atoms with E-state index in [4.69, 9.17) is 4.99 Å². The fourth-order valence-corrected chi connectivity index (χ4v) is 8.36. The zero-order valence-corrected chi connectivity index (χ0v) is 29.5. The number of nitriles is 1. The van der Waals surface area contributed by atoms with E-state index in [9.17, 15) is 14.9 Å². The molecule has 1 atom stereocenters. The Hall–Kier alpha value is -4.10. The highest BCUT2D eigenvalue weighted by Crippen LogP contribution is 2.26. The Morgan fingerprint density at radius 3 is 2.31 bits per heavy atom. The minimum atomic E-state index is -0.632. The summed E-state index contributed by atoms with van der Waals surface area (Å²) in [5.41, 5.74) is 5.80. The third kappa shape index (κ3) is 8.38. The van der Waals surface area contributed by atoms with Gasteiger partial charge in [-0.3, -0.25) is 10.1 Å². The number of fused-ring (bicyclic) bond motifs is 1. The predicted octanol–water partition coefficient (Wildman–Crippen LogP) is 5.18. The van der Waals surface area contributed by atoms with Crippen molar-refractivity contribution in [3.63, 3.8) is 0 Å². The number of guanidine groups is 1. The lowest BCUT2D eigenvalue weighted by atomic mass is 9.95. The third-order valence-electron chi connectivity index (χ3n) is 11.2. The first-order valence-corrected chi connectivity index (χ1v) is 18.7. The maximum Gasteiger partial charge on any atom is 0.322 e. The van der Waals surface area contributed by atoms with Crippen molar-refractivity contribution in [2.24, 2.45) is 4.99 Å². The Morgan fingerprint density at radius 1 is 0.898 bits per heavy atom. The topological polar surface area (TPSA) is 107 Å². The summed E-state index contributed by atoms with van der Waals surface area (Å²) in [5.74, 6) is 0.499. The van der Waals surface area contributed by atoms with E-state index in [2.05, 4.69) is 64.7 Å². The predicted molar refractivity (Wildman–Crippen MR) is 194 cm³/mol. The average Bonchev–Trinajstić information content (AvgIpc) is 3.32. The van der Waals surface area contributed by atoms with Gasteiger partial charge in [0, 0.05) is 56.9 Å². The van der Waals surface area contributed by atoms with Crippen molar-refractivity contribution in [1.82, 2.24) is 24.9 Å². The molecule has 49 heavy (non-hydrogen) atoms. The van der Waals surface area contributed by atoms with Crippen molar-refractivity contribution < 1.29 is 9.59 Å². The molecule has 0 spiro atoms. The quantitative estimate of drug-likeness (QED) is 0.174. The van der Waals surface area contributed by atoms with Gasteiger partial charge in [0.05, 0.1) is 0 Å². The maximum atomic E-state index is 14.3. The molecular weight excluding hydrogens is 612 g/mol. The first-order valence-electron chi connectivity index (χ1n) is 18.7. The molecule has 2 N–H and O–H groups in total. The highest BCUT2D eigenvalue weighted by molar-refractivity contribution is 5.91. The monoisotopic (exact) mass is 666 g/mol. The van der Waals surface area contributed by atoms with Gasteiger partial charge in [-0.1, -0.05) is 56.7 Å². The smallest absolute Gasteiger partial charge is 0.322 e. The number of piperidine rings is 3. The number of rotatable bonds is 8. The molecule has 4 aliphatic rings. The fourth-order valence-electron chi connectivity index (χ4n) is 8.36. The van der Waals surface area contributed by atoms with Gasteiger partial charge in [0.2, 0.25) is 11.9 Å². The fraction of sp³-hybridized carbons (Fsp3) is 0.590. The molecule has 10 heteroatoms. The normalized spacial score (nSPS) is 20.6. The summed E-state index contributed by atoms with van der Waals surface area (Å²) in [4.78, 5) is 41.3. The Bertz CT molecular complexity index is 1510. The van der Waals surface area contributed by atoms with E-state index in [-0.39, 0.29) is 18.0 Å². The van der Waals surface area contributed by atoms with Crippen molar-refractivity contribution in [1.29, 1.82) is 5.26 Å². The van der Waals surface area contributed by atoms with Crippen LogP contribution in [0, 0.1) is 11.5 Å². The molecule has 2 aromatic rings. The summed E-state index contributed by atoms with van der Waals surface area (Å²) >= 11 is 0. The molecule has 6 rings (SSSR count). The van der Waals surface area contributed by atoms with Crippen molar-refractivity contribution in [2.45, 2.75) is 103 Å². The molecule has 0 aromatic heterocycles. The standard InChI is InChI=1S/C39H54N8O2/c1-3-30-13-12-29(26-31(30)4-2)27-36(37(48)45-21-15-33(16-22-45)44-19-8-5-9-20-44)42-38(41-28-40)46-23-17-34(18-24-46)47-25-14-32-10-6-7-11-35(32)43-39(47)49/h6-7,10-13,26,33-34,36H,3-5,8-9,14-25,27H2,1-2H3,(H,41,42)(H,43,49)/t36-/m1/s1. The van der Waals surface area contributed by atoms with E-state index in [1.807, 2.05) is 28.0 Å². The van der Waals surface area contributed by atoms with Crippen LogP contribution in [-0.2, 0) is 30.5 Å². The van der Waals surface area contributed by atoms with Gasteiger partial charge in [-0.05, 0) is 99.2 Å². The zero-order valence-electron chi connectivity index (χ0n) is 29.5. The van der Waals surface area contributed by atoms with Crippen molar-refractivity contribution in [3.05, 3.63) is 64.7 Å². The summed E-state index contributed by atoms with van der Waals surface area (Å²) in [6.07, 6.45) is 12.7. The Kier molecular flexibility index (Phi) is 11.7. The van der Waals surface area contributed by atoms with Gasteiger partial charge in [0.1, 0.15) is 6.04 Å². The number of para-hydroxylation sites is 1. The maximum absolute atomic E-state index is 14.3. The molecule has 3 fully saturated rings. The van der Waals surface area contributed by atoms with Gasteiger partial charge in [-0.15, -0.1) is 0 Å². The number of amides is 3. The van der Waals surface area contributed by atoms with E-state index in [0.29, 0.717) is 38.1 Å². The van der Waals surface area contributed by atoms with E-state index in [1.165, 1.54) is 43.5 Å². The highest BCUT2D eigenvalue weighted by atomic mass is 16.2. The molecular formula is C39H54N8O2. The number of hydrogen-bond donors (Lipinski definition) is 2. The summed E-state index contributed by atoms with van der Waals surface area (Å²) in [7, 11) is 0. The number of anilines is 1. The Morgan fingerprint density at radius 2 is 1.59 bits per heavy atom. The third-order valence-corrected chi connectivity index (χ3v) is 11.2. The van der Waals surface area contributed by atoms with Gasteiger partial charge in [0.15, 0.2) is 6.19 Å². The van der Waals surface area contributed by atoms with Crippen LogP contribution in [0.5, 0.6) is 0 Å². The van der Waals surface area contributed by atoms with E-state index in [0.717, 1.165) is 74.8 Å². The molecule has 3 saturated heterocycles. The van der Waals surface area contributed by atoms with Crippen LogP contribution in [0.15, 0.2) is 47.5 Å². The number of likely N-dealkylation sites (tertiary alicyclic amines) is 3. The molecule has 0 unspecified atom stereocenters. The van der Waals surface area contributed by atoms with Crippen LogP contribution in [0.3, 0.4) is 0 Å². The van der Waals surface area contributed by atoms with Crippen LogP contribution in [0.2, 0.25) is 0 Å². The number of hydrogen-bond acceptors (Lipinski definition) is 5. The Labute approximate surface area is 292 Å². The Balaban J connectivity index is 1.17. The van der Waals surface area contributed by atoms with Crippen molar-refractivity contribution >= 4 is 23.6 Å². The van der Waals surface area contributed by atoms with Gasteiger partial charge in [-0.25, -0.2) is 9.79 Å². The number of aliphatic imine (C=N–C) groups is 1. The van der Waals surface area contributed by atoms with Crippen LogP contribution in [-0.4, -0.2) is 101 Å². The molecule has 0 aliphatic carbocycles. The molecule has 2 aromatic carbocycles. The molecule has 0 radical (unpaired) electrons. The average molecular weight is 667 g/mol. The van der Waals surface area contributed by atoms with Crippen molar-refractivity contribution in [3.8, 4) is 6.19 Å². The minimum Gasteiger partial charge on any atom is -0.342 e. The second kappa shape index (κ2) is 16.5. The zero-order chi connectivity index (χ0) is 34.2. The molecule has 4 heterocycles. The molecule has 3 amide bonds. The van der Waals surface area contributed by atoms with Crippen LogP contribution < -0.4 is 10.6 Å². The van der Waals surface area contributed by atoms with Crippen LogP contribution >= 0.6 is 0 Å². The van der Waals surface area contributed by atoms with Crippen LogP contribution in [0.4, 0.5) is 10.5 Å². The van der Waals surface area contributed by atoms with Gasteiger partial charge in [-0.2, -0.15) is 5.26 Å². The second-order valence-electron chi connectivity index (χ2n) is 14.1. The molecule has 262 valence electrons. The summed E-state index contributed by atoms with van der Waals surface area (Å²) in [6, 6.07) is 14.5. The van der Waals surface area contributed by atoms with E-state index in [1.54, 1.807) is 0 Å². The number of nitrogens with zero attached hydrogens (tertiary/aromatic N) is 6.